The second-order valence-corrected chi connectivity index (χ2v) is 8.10. The topological polar surface area (TPSA) is 49.8 Å². The van der Waals surface area contributed by atoms with Gasteiger partial charge in [0, 0.05) is 38.5 Å². The summed E-state index contributed by atoms with van der Waals surface area (Å²) >= 11 is 1.60. The van der Waals surface area contributed by atoms with Gasteiger partial charge in [-0.25, -0.2) is 9.37 Å². The van der Waals surface area contributed by atoms with E-state index in [-0.39, 0.29) is 41.3 Å². The molecule has 0 bridgehead atoms. The number of thiazole rings is 1. The maximum Gasteiger partial charge on any atom is 0.193 e. The molecule has 0 saturated carbocycles. The zero-order valence-corrected chi connectivity index (χ0v) is 20.5. The van der Waals surface area contributed by atoms with Crippen LogP contribution in [0.5, 0.6) is 0 Å². The van der Waals surface area contributed by atoms with Crippen molar-refractivity contribution in [3.8, 4) is 0 Å². The Balaban J connectivity index is 0.00000392. The smallest absolute Gasteiger partial charge is 0.193 e. The van der Waals surface area contributed by atoms with Gasteiger partial charge in [0.2, 0.25) is 0 Å². The van der Waals surface area contributed by atoms with Crippen LogP contribution < -0.4 is 5.32 Å². The standard InChI is InChI=1S/C20H29FN4OS.HI/c1-14(26-6)18-24-17(12-27-18)11-25(5)19(22-4)23-13-20(2,3)15-8-7-9-16(21)10-15;/h7-10,12,14H,11,13H2,1-6H3,(H,22,23);1H. The van der Waals surface area contributed by atoms with E-state index in [2.05, 4.69) is 29.1 Å². The van der Waals surface area contributed by atoms with Gasteiger partial charge in [-0.2, -0.15) is 0 Å². The minimum Gasteiger partial charge on any atom is -0.375 e. The van der Waals surface area contributed by atoms with E-state index in [1.807, 2.05) is 30.3 Å². The van der Waals surface area contributed by atoms with E-state index in [0.717, 1.165) is 22.2 Å². The first kappa shape index (κ1) is 24.8. The lowest BCUT2D eigenvalue weighted by Crippen LogP contribution is -2.44. The average molecular weight is 520 g/mol. The molecule has 0 saturated heterocycles. The summed E-state index contributed by atoms with van der Waals surface area (Å²) in [4.78, 5) is 11.0. The van der Waals surface area contributed by atoms with Crippen LogP contribution in [0.15, 0.2) is 34.6 Å². The van der Waals surface area contributed by atoms with Crippen molar-refractivity contribution in [2.24, 2.45) is 4.99 Å². The van der Waals surface area contributed by atoms with Gasteiger partial charge in [-0.15, -0.1) is 35.3 Å². The van der Waals surface area contributed by atoms with Crippen LogP contribution in [0.25, 0.3) is 0 Å². The van der Waals surface area contributed by atoms with Crippen LogP contribution in [-0.2, 0) is 16.7 Å². The number of ether oxygens (including phenoxy) is 1. The molecule has 8 heteroatoms. The SMILES string of the molecule is CN=C(NCC(C)(C)c1cccc(F)c1)N(C)Cc1csc(C(C)OC)n1.I. The van der Waals surface area contributed by atoms with Crippen LogP contribution in [0.4, 0.5) is 4.39 Å². The third kappa shape index (κ3) is 6.66. The van der Waals surface area contributed by atoms with Gasteiger partial charge >= 0.3 is 0 Å². The quantitative estimate of drug-likeness (QED) is 0.330. The molecule has 1 aromatic carbocycles. The highest BCUT2D eigenvalue weighted by molar-refractivity contribution is 14.0. The minimum absolute atomic E-state index is 0. The lowest BCUT2D eigenvalue weighted by atomic mass is 9.84. The predicted octanol–water partition coefficient (Wildman–Crippen LogP) is 4.59. The van der Waals surface area contributed by atoms with Crippen molar-refractivity contribution in [1.82, 2.24) is 15.2 Å². The number of aliphatic imine (C=N–C) groups is 1. The van der Waals surface area contributed by atoms with Crippen LogP contribution in [-0.4, -0.2) is 43.6 Å². The van der Waals surface area contributed by atoms with E-state index < -0.39 is 0 Å². The lowest BCUT2D eigenvalue weighted by molar-refractivity contribution is 0.119. The van der Waals surface area contributed by atoms with Crippen molar-refractivity contribution in [3.63, 3.8) is 0 Å². The average Bonchev–Trinajstić information content (AvgIpc) is 3.10. The summed E-state index contributed by atoms with van der Waals surface area (Å²) < 4.78 is 18.9. The number of hydrogen-bond donors (Lipinski definition) is 1. The van der Waals surface area contributed by atoms with Gasteiger partial charge in [0.15, 0.2) is 5.96 Å². The largest absolute Gasteiger partial charge is 0.375 e. The number of halogens is 2. The molecule has 0 aliphatic heterocycles. The van der Waals surface area contributed by atoms with E-state index in [4.69, 9.17) is 4.74 Å². The van der Waals surface area contributed by atoms with Gasteiger partial charge in [-0.1, -0.05) is 26.0 Å². The molecule has 28 heavy (non-hydrogen) atoms. The summed E-state index contributed by atoms with van der Waals surface area (Å²) in [6.45, 7) is 7.44. The first-order valence-corrected chi connectivity index (χ1v) is 9.79. The molecule has 0 aliphatic rings. The molecular formula is C20H30FIN4OS. The molecule has 0 spiro atoms. The number of aromatic nitrogens is 1. The van der Waals surface area contributed by atoms with Crippen molar-refractivity contribution in [2.75, 3.05) is 27.7 Å². The summed E-state index contributed by atoms with van der Waals surface area (Å²) in [6, 6.07) is 6.74. The van der Waals surface area contributed by atoms with Crippen LogP contribution in [0, 0.1) is 5.82 Å². The molecular weight excluding hydrogens is 490 g/mol. The molecule has 1 heterocycles. The van der Waals surface area contributed by atoms with Crippen molar-refractivity contribution >= 4 is 41.3 Å². The van der Waals surface area contributed by atoms with Gasteiger partial charge in [0.25, 0.3) is 0 Å². The fraction of sp³-hybridized carbons (Fsp3) is 0.500. The number of guanidine groups is 1. The Kier molecular flexibility index (Phi) is 9.79. The molecule has 5 nitrogen and oxygen atoms in total. The monoisotopic (exact) mass is 520 g/mol. The molecule has 0 aliphatic carbocycles. The molecule has 0 fully saturated rings. The highest BCUT2D eigenvalue weighted by Crippen LogP contribution is 2.23. The van der Waals surface area contributed by atoms with Crippen molar-refractivity contribution < 1.29 is 9.13 Å². The van der Waals surface area contributed by atoms with Crippen molar-refractivity contribution in [3.05, 3.63) is 51.7 Å². The molecule has 0 radical (unpaired) electrons. The second-order valence-electron chi connectivity index (χ2n) is 7.21. The van der Waals surface area contributed by atoms with Gasteiger partial charge in [0.05, 0.1) is 12.2 Å². The van der Waals surface area contributed by atoms with E-state index >= 15 is 0 Å². The molecule has 2 aromatic rings. The number of nitrogens with zero attached hydrogens (tertiary/aromatic N) is 3. The van der Waals surface area contributed by atoms with Crippen molar-refractivity contribution in [2.45, 2.75) is 38.8 Å². The van der Waals surface area contributed by atoms with Gasteiger partial charge < -0.3 is 15.0 Å². The van der Waals surface area contributed by atoms with E-state index in [1.54, 1.807) is 37.6 Å². The van der Waals surface area contributed by atoms with Crippen LogP contribution in [0.1, 0.15) is 43.1 Å². The fourth-order valence-corrected chi connectivity index (χ4v) is 3.54. The number of methoxy groups -OCH3 is 1. The highest BCUT2D eigenvalue weighted by Gasteiger charge is 2.22. The molecule has 1 atom stereocenters. The maximum atomic E-state index is 13.6. The zero-order chi connectivity index (χ0) is 20.0. The van der Waals surface area contributed by atoms with Crippen LogP contribution in [0.2, 0.25) is 0 Å². The van der Waals surface area contributed by atoms with Gasteiger partial charge in [0.1, 0.15) is 16.9 Å². The Labute approximate surface area is 188 Å². The molecule has 1 aromatic heterocycles. The Morgan fingerprint density at radius 2 is 2.14 bits per heavy atom. The summed E-state index contributed by atoms with van der Waals surface area (Å²) in [5.41, 5.74) is 1.69. The number of hydrogen-bond acceptors (Lipinski definition) is 4. The molecule has 0 amide bonds. The van der Waals surface area contributed by atoms with Crippen molar-refractivity contribution in [1.29, 1.82) is 0 Å². The van der Waals surface area contributed by atoms with Crippen LogP contribution in [0.3, 0.4) is 0 Å². The maximum absolute atomic E-state index is 13.6. The molecule has 2 rings (SSSR count). The first-order chi connectivity index (χ1) is 12.8. The molecule has 156 valence electrons. The normalized spacial score (nSPS) is 13.0. The second kappa shape index (κ2) is 11.1. The lowest BCUT2D eigenvalue weighted by Gasteiger charge is -2.29. The summed E-state index contributed by atoms with van der Waals surface area (Å²) in [5.74, 6) is 0.556. The zero-order valence-electron chi connectivity index (χ0n) is 17.3. The van der Waals surface area contributed by atoms with Gasteiger partial charge in [-0.3, -0.25) is 4.99 Å². The Morgan fingerprint density at radius 1 is 1.43 bits per heavy atom. The van der Waals surface area contributed by atoms with Crippen LogP contribution >= 0.6 is 35.3 Å². The third-order valence-corrected chi connectivity index (χ3v) is 5.59. The Bertz CT molecular complexity index is 781. The van der Waals surface area contributed by atoms with E-state index in [9.17, 15) is 4.39 Å². The third-order valence-electron chi connectivity index (χ3n) is 4.54. The number of benzene rings is 1. The Hall–Kier alpha value is -1.26. The summed E-state index contributed by atoms with van der Waals surface area (Å²) in [7, 11) is 5.42. The highest BCUT2D eigenvalue weighted by atomic mass is 127. The molecule has 1 N–H and O–H groups in total. The Morgan fingerprint density at radius 3 is 2.75 bits per heavy atom. The summed E-state index contributed by atoms with van der Waals surface area (Å²) in [6.07, 6.45) is -0.00133. The van der Waals surface area contributed by atoms with E-state index in [1.165, 1.54) is 6.07 Å². The van der Waals surface area contributed by atoms with E-state index in [0.29, 0.717) is 13.1 Å². The number of rotatable bonds is 7. The molecule has 1 unspecified atom stereocenters. The summed E-state index contributed by atoms with van der Waals surface area (Å²) in [5, 5.41) is 6.41. The minimum atomic E-state index is -0.236. The number of nitrogens with one attached hydrogen (secondary N) is 1. The first-order valence-electron chi connectivity index (χ1n) is 8.91. The fourth-order valence-electron chi connectivity index (χ4n) is 2.70. The predicted molar refractivity (Wildman–Crippen MR) is 125 cm³/mol. The van der Waals surface area contributed by atoms with Gasteiger partial charge in [-0.05, 0) is 24.6 Å².